The minimum absolute atomic E-state index is 0.441. The summed E-state index contributed by atoms with van der Waals surface area (Å²) in [7, 11) is 3.90. The van der Waals surface area contributed by atoms with Crippen LogP contribution in [0.4, 0.5) is 5.69 Å². The third-order valence-electron chi connectivity index (χ3n) is 3.73. The number of benzene rings is 2. The molecule has 1 aliphatic heterocycles. The fourth-order valence-electron chi connectivity index (χ4n) is 2.55. The van der Waals surface area contributed by atoms with Crippen molar-refractivity contribution in [2.24, 2.45) is 10.7 Å². The van der Waals surface area contributed by atoms with Crippen LogP contribution in [0.15, 0.2) is 71.5 Å². The van der Waals surface area contributed by atoms with Crippen molar-refractivity contribution in [2.75, 3.05) is 19.4 Å². The molecule has 0 amide bonds. The van der Waals surface area contributed by atoms with E-state index in [4.69, 9.17) is 17.3 Å². The second-order valence-corrected chi connectivity index (χ2v) is 6.23. The number of hydrogen-bond donors (Lipinski definition) is 3. The first-order valence-electron chi connectivity index (χ1n) is 7.60. The Hall–Kier alpha value is -2.66. The van der Waals surface area contributed by atoms with Crippen molar-refractivity contribution in [3.63, 3.8) is 0 Å². The SMILES string of the molecule is CN(C)C1=CC(N)=NC(Nc2ccccc2)(c2ccc(Cl)cc2)N1. The number of anilines is 1. The van der Waals surface area contributed by atoms with E-state index >= 15 is 0 Å². The maximum atomic E-state index is 6.10. The van der Waals surface area contributed by atoms with Gasteiger partial charge in [-0.25, -0.2) is 4.99 Å². The van der Waals surface area contributed by atoms with Crippen LogP contribution in [0.25, 0.3) is 0 Å². The summed E-state index contributed by atoms with van der Waals surface area (Å²) in [6.07, 6.45) is 1.81. The summed E-state index contributed by atoms with van der Waals surface area (Å²) in [5, 5.41) is 7.57. The van der Waals surface area contributed by atoms with E-state index in [0.717, 1.165) is 17.1 Å². The first kappa shape index (κ1) is 16.2. The molecule has 4 N–H and O–H groups in total. The lowest BCUT2D eigenvalue weighted by molar-refractivity contribution is 0.354. The first-order chi connectivity index (χ1) is 11.5. The van der Waals surface area contributed by atoms with Crippen molar-refractivity contribution in [1.29, 1.82) is 0 Å². The van der Waals surface area contributed by atoms with Gasteiger partial charge in [-0.2, -0.15) is 0 Å². The summed E-state index contributed by atoms with van der Waals surface area (Å²) >= 11 is 6.04. The molecule has 5 nitrogen and oxygen atoms in total. The van der Waals surface area contributed by atoms with Crippen molar-refractivity contribution in [3.8, 4) is 0 Å². The first-order valence-corrected chi connectivity index (χ1v) is 7.98. The molecule has 0 fully saturated rings. The summed E-state index contributed by atoms with van der Waals surface area (Å²) in [6, 6.07) is 17.4. The smallest absolute Gasteiger partial charge is 0.235 e. The lowest BCUT2D eigenvalue weighted by Gasteiger charge is -2.39. The van der Waals surface area contributed by atoms with Gasteiger partial charge in [0.15, 0.2) is 0 Å². The molecule has 0 radical (unpaired) electrons. The number of aliphatic imine (C=N–C) groups is 1. The standard InChI is InChI=1S/C18H20ClN5/c1-24(2)17-12-16(20)22-18(23-17,13-8-10-14(19)11-9-13)21-15-6-4-3-5-7-15/h3-12,21,23H,1-2H3,(H2,20,22). The van der Waals surface area contributed by atoms with Crippen LogP contribution in [-0.2, 0) is 5.79 Å². The predicted molar refractivity (Wildman–Crippen MR) is 99.7 cm³/mol. The zero-order chi connectivity index (χ0) is 17.2. The number of hydrogen-bond acceptors (Lipinski definition) is 5. The molecule has 0 saturated carbocycles. The summed E-state index contributed by atoms with van der Waals surface area (Å²) in [4.78, 5) is 6.62. The van der Waals surface area contributed by atoms with E-state index in [-0.39, 0.29) is 0 Å². The Morgan fingerprint density at radius 2 is 1.75 bits per heavy atom. The van der Waals surface area contributed by atoms with Gasteiger partial charge in [0.1, 0.15) is 11.7 Å². The average Bonchev–Trinajstić information content (AvgIpc) is 2.55. The molecule has 1 unspecified atom stereocenters. The van der Waals surface area contributed by atoms with Gasteiger partial charge in [-0.3, -0.25) is 0 Å². The Morgan fingerprint density at radius 3 is 2.38 bits per heavy atom. The van der Waals surface area contributed by atoms with Gasteiger partial charge in [0.25, 0.3) is 0 Å². The number of amidine groups is 1. The molecular weight excluding hydrogens is 322 g/mol. The molecule has 6 heteroatoms. The monoisotopic (exact) mass is 341 g/mol. The molecule has 2 aromatic carbocycles. The molecule has 0 saturated heterocycles. The molecule has 0 bridgehead atoms. The van der Waals surface area contributed by atoms with Gasteiger partial charge in [0.05, 0.1) is 0 Å². The highest BCUT2D eigenvalue weighted by Gasteiger charge is 2.35. The highest BCUT2D eigenvalue weighted by atomic mass is 35.5. The van der Waals surface area contributed by atoms with Crippen LogP contribution >= 0.6 is 11.6 Å². The highest BCUT2D eigenvalue weighted by Crippen LogP contribution is 2.30. The van der Waals surface area contributed by atoms with Crippen LogP contribution in [-0.4, -0.2) is 24.8 Å². The molecule has 1 aliphatic rings. The van der Waals surface area contributed by atoms with Crippen molar-refractivity contribution in [2.45, 2.75) is 5.79 Å². The molecule has 3 rings (SSSR count). The van der Waals surface area contributed by atoms with Crippen molar-refractivity contribution in [1.82, 2.24) is 10.2 Å². The highest BCUT2D eigenvalue weighted by molar-refractivity contribution is 6.30. The number of halogens is 1. The average molecular weight is 342 g/mol. The summed E-state index contributed by atoms with van der Waals surface area (Å²) in [5.74, 6) is 0.390. The van der Waals surface area contributed by atoms with E-state index in [2.05, 4.69) is 15.6 Å². The van der Waals surface area contributed by atoms with Gasteiger partial charge in [0, 0.05) is 36.4 Å². The van der Waals surface area contributed by atoms with Crippen LogP contribution in [0, 0.1) is 0 Å². The Balaban J connectivity index is 2.08. The minimum Gasteiger partial charge on any atom is -0.384 e. The molecule has 1 heterocycles. The van der Waals surface area contributed by atoms with Crippen LogP contribution in [0.2, 0.25) is 5.02 Å². The summed E-state index contributed by atoms with van der Waals surface area (Å²) in [6.45, 7) is 0. The summed E-state index contributed by atoms with van der Waals surface area (Å²) in [5.41, 5.74) is 7.94. The van der Waals surface area contributed by atoms with Gasteiger partial charge < -0.3 is 21.3 Å². The number of nitrogens with one attached hydrogen (secondary N) is 2. The van der Waals surface area contributed by atoms with Crippen molar-refractivity contribution >= 4 is 23.1 Å². The maximum absolute atomic E-state index is 6.10. The van der Waals surface area contributed by atoms with Gasteiger partial charge in [-0.15, -0.1) is 0 Å². The van der Waals surface area contributed by atoms with Gasteiger partial charge in [0.2, 0.25) is 5.79 Å². The Bertz CT molecular complexity index is 768. The molecule has 24 heavy (non-hydrogen) atoms. The second-order valence-electron chi connectivity index (χ2n) is 5.79. The topological polar surface area (TPSA) is 65.7 Å². The molecular formula is C18H20ClN5. The van der Waals surface area contributed by atoms with E-state index < -0.39 is 5.79 Å². The molecule has 0 aromatic heterocycles. The fraction of sp³-hybridized carbons (Fsp3) is 0.167. The van der Waals surface area contributed by atoms with E-state index in [1.165, 1.54) is 0 Å². The third-order valence-corrected chi connectivity index (χ3v) is 3.99. The van der Waals surface area contributed by atoms with Crippen molar-refractivity contribution < 1.29 is 0 Å². The largest absolute Gasteiger partial charge is 0.384 e. The minimum atomic E-state index is -0.912. The molecule has 0 aliphatic carbocycles. The number of nitrogens with two attached hydrogens (primary N) is 1. The second kappa shape index (κ2) is 6.45. The zero-order valence-electron chi connectivity index (χ0n) is 13.6. The molecule has 0 spiro atoms. The van der Waals surface area contributed by atoms with E-state index in [0.29, 0.717) is 10.9 Å². The maximum Gasteiger partial charge on any atom is 0.235 e. The molecule has 2 aromatic rings. The van der Waals surface area contributed by atoms with Crippen LogP contribution in [0.3, 0.4) is 0 Å². The van der Waals surface area contributed by atoms with Crippen LogP contribution in [0.1, 0.15) is 5.56 Å². The Kier molecular flexibility index (Phi) is 4.36. The summed E-state index contributed by atoms with van der Waals surface area (Å²) < 4.78 is 0. The number of nitrogens with zero attached hydrogens (tertiary/aromatic N) is 2. The Labute approximate surface area is 146 Å². The molecule has 124 valence electrons. The molecule has 1 atom stereocenters. The third kappa shape index (κ3) is 3.31. The van der Waals surface area contributed by atoms with Crippen LogP contribution < -0.4 is 16.4 Å². The lowest BCUT2D eigenvalue weighted by Crippen LogP contribution is -2.52. The predicted octanol–water partition coefficient (Wildman–Crippen LogP) is 2.93. The van der Waals surface area contributed by atoms with E-state index in [9.17, 15) is 0 Å². The Morgan fingerprint density at radius 1 is 1.08 bits per heavy atom. The van der Waals surface area contributed by atoms with Crippen molar-refractivity contribution in [3.05, 3.63) is 77.1 Å². The van der Waals surface area contributed by atoms with E-state index in [1.54, 1.807) is 6.08 Å². The van der Waals surface area contributed by atoms with Gasteiger partial charge in [-0.05, 0) is 24.3 Å². The number of para-hydroxylation sites is 1. The fourth-order valence-corrected chi connectivity index (χ4v) is 2.67. The lowest BCUT2D eigenvalue weighted by atomic mass is 10.1. The zero-order valence-corrected chi connectivity index (χ0v) is 14.4. The number of rotatable bonds is 4. The normalized spacial score (nSPS) is 19.8. The van der Waals surface area contributed by atoms with Gasteiger partial charge >= 0.3 is 0 Å². The van der Waals surface area contributed by atoms with Crippen LogP contribution in [0.5, 0.6) is 0 Å². The van der Waals surface area contributed by atoms with E-state index in [1.807, 2.05) is 73.6 Å². The van der Waals surface area contributed by atoms with Gasteiger partial charge in [-0.1, -0.05) is 41.9 Å². The quantitative estimate of drug-likeness (QED) is 0.800.